The van der Waals surface area contributed by atoms with E-state index in [9.17, 15) is 9.90 Å². The van der Waals surface area contributed by atoms with Gasteiger partial charge in [0.1, 0.15) is 11.5 Å². The lowest BCUT2D eigenvalue weighted by molar-refractivity contribution is 0.102. The van der Waals surface area contributed by atoms with Crippen LogP contribution in [0.15, 0.2) is 18.2 Å². The Hall–Kier alpha value is -1.03. The monoisotopic (exact) mass is 244 g/mol. The van der Waals surface area contributed by atoms with Crippen LogP contribution in [-0.2, 0) is 0 Å². The van der Waals surface area contributed by atoms with Gasteiger partial charge in [0, 0.05) is 6.07 Å². The first-order valence-corrected chi connectivity index (χ1v) is 4.77. The molecule has 0 atom stereocenters. The quantitative estimate of drug-likeness (QED) is 0.654. The van der Waals surface area contributed by atoms with E-state index in [0.717, 1.165) is 0 Å². The SMILES string of the molecule is COc1ccc(C(=O)CBr)c(O)c1. The summed E-state index contributed by atoms with van der Waals surface area (Å²) in [7, 11) is 1.50. The Labute approximate surface area is 84.5 Å². The Balaban J connectivity index is 3.05. The molecule has 1 aromatic carbocycles. The third kappa shape index (κ3) is 2.21. The van der Waals surface area contributed by atoms with Crippen molar-refractivity contribution in [2.24, 2.45) is 0 Å². The minimum atomic E-state index is -0.153. The Morgan fingerprint density at radius 2 is 2.31 bits per heavy atom. The molecule has 0 saturated carbocycles. The van der Waals surface area contributed by atoms with E-state index in [0.29, 0.717) is 11.3 Å². The summed E-state index contributed by atoms with van der Waals surface area (Å²) in [6, 6.07) is 4.59. The molecule has 0 aromatic heterocycles. The molecule has 0 bridgehead atoms. The molecule has 0 unspecified atom stereocenters. The van der Waals surface area contributed by atoms with Crippen LogP contribution in [0, 0.1) is 0 Å². The first-order chi connectivity index (χ1) is 6.19. The molecule has 1 N–H and O–H groups in total. The van der Waals surface area contributed by atoms with Gasteiger partial charge >= 0.3 is 0 Å². The number of rotatable bonds is 3. The summed E-state index contributed by atoms with van der Waals surface area (Å²) in [5.41, 5.74) is 0.303. The first kappa shape index (κ1) is 10.1. The van der Waals surface area contributed by atoms with Crippen molar-refractivity contribution >= 4 is 21.7 Å². The van der Waals surface area contributed by atoms with Crippen LogP contribution in [0.4, 0.5) is 0 Å². The third-order valence-electron chi connectivity index (χ3n) is 1.63. The van der Waals surface area contributed by atoms with Gasteiger partial charge in [0.2, 0.25) is 0 Å². The van der Waals surface area contributed by atoms with Gasteiger partial charge in [-0.1, -0.05) is 15.9 Å². The van der Waals surface area contributed by atoms with Gasteiger partial charge in [-0.2, -0.15) is 0 Å². The topological polar surface area (TPSA) is 46.5 Å². The zero-order valence-corrected chi connectivity index (χ0v) is 8.67. The van der Waals surface area contributed by atoms with Gasteiger partial charge < -0.3 is 9.84 Å². The molecule has 0 fully saturated rings. The van der Waals surface area contributed by atoms with Crippen LogP contribution in [0.5, 0.6) is 11.5 Å². The second-order valence-electron chi connectivity index (χ2n) is 2.44. The molecular weight excluding hydrogens is 236 g/mol. The molecule has 0 aliphatic heterocycles. The molecule has 0 saturated heterocycles. The number of ketones is 1. The lowest BCUT2D eigenvalue weighted by Crippen LogP contribution is -2.00. The van der Waals surface area contributed by atoms with Gasteiger partial charge in [-0.15, -0.1) is 0 Å². The molecule has 4 heteroatoms. The van der Waals surface area contributed by atoms with Crippen LogP contribution in [0.1, 0.15) is 10.4 Å². The molecule has 3 nitrogen and oxygen atoms in total. The van der Waals surface area contributed by atoms with Crippen LogP contribution in [0.3, 0.4) is 0 Å². The summed E-state index contributed by atoms with van der Waals surface area (Å²) < 4.78 is 4.88. The zero-order chi connectivity index (χ0) is 9.84. The number of hydrogen-bond acceptors (Lipinski definition) is 3. The summed E-state index contributed by atoms with van der Waals surface area (Å²) in [6.07, 6.45) is 0. The first-order valence-electron chi connectivity index (χ1n) is 3.65. The number of aromatic hydroxyl groups is 1. The fraction of sp³-hybridized carbons (Fsp3) is 0.222. The maximum atomic E-state index is 11.2. The summed E-state index contributed by atoms with van der Waals surface area (Å²) in [4.78, 5) is 11.2. The Bertz CT molecular complexity index is 323. The summed E-state index contributed by atoms with van der Waals surface area (Å²) in [5, 5.41) is 9.60. The van der Waals surface area contributed by atoms with Gasteiger partial charge in [-0.3, -0.25) is 4.79 Å². The Kier molecular flexibility index (Phi) is 3.31. The summed E-state index contributed by atoms with van der Waals surface area (Å²) in [6.45, 7) is 0. The van der Waals surface area contributed by atoms with Gasteiger partial charge in [-0.25, -0.2) is 0 Å². The molecular formula is C9H9BrO3. The molecule has 0 aliphatic carbocycles. The van der Waals surface area contributed by atoms with Gasteiger partial charge in [0.15, 0.2) is 5.78 Å². The highest BCUT2D eigenvalue weighted by molar-refractivity contribution is 9.09. The fourth-order valence-electron chi connectivity index (χ4n) is 0.946. The number of halogens is 1. The fourth-order valence-corrected chi connectivity index (χ4v) is 1.25. The molecule has 0 aliphatic rings. The smallest absolute Gasteiger partial charge is 0.177 e. The van der Waals surface area contributed by atoms with Crippen LogP contribution in [0.25, 0.3) is 0 Å². The summed E-state index contributed by atoms with van der Waals surface area (Å²) in [5.74, 6) is 0.326. The van der Waals surface area contributed by atoms with E-state index < -0.39 is 0 Å². The molecule has 0 spiro atoms. The molecule has 0 radical (unpaired) electrons. The highest BCUT2D eigenvalue weighted by atomic mass is 79.9. The zero-order valence-electron chi connectivity index (χ0n) is 7.08. The average Bonchev–Trinajstić information content (AvgIpc) is 2.16. The summed E-state index contributed by atoms with van der Waals surface area (Å²) >= 11 is 3.03. The third-order valence-corrected chi connectivity index (χ3v) is 2.14. The van der Waals surface area contributed by atoms with E-state index >= 15 is 0 Å². The lowest BCUT2D eigenvalue weighted by atomic mass is 10.1. The van der Waals surface area contributed by atoms with E-state index in [4.69, 9.17) is 4.74 Å². The van der Waals surface area contributed by atoms with E-state index in [2.05, 4.69) is 15.9 Å². The minimum absolute atomic E-state index is 0.0520. The van der Waals surface area contributed by atoms with Crippen molar-refractivity contribution < 1.29 is 14.6 Å². The highest BCUT2D eigenvalue weighted by Gasteiger charge is 2.09. The van der Waals surface area contributed by atoms with Crippen molar-refractivity contribution in [1.82, 2.24) is 0 Å². The van der Waals surface area contributed by atoms with Crippen molar-refractivity contribution in [2.45, 2.75) is 0 Å². The van der Waals surface area contributed by atoms with Gasteiger partial charge in [-0.05, 0) is 12.1 Å². The number of benzene rings is 1. The normalized spacial score (nSPS) is 9.69. The maximum Gasteiger partial charge on any atom is 0.177 e. The Morgan fingerprint density at radius 1 is 1.62 bits per heavy atom. The second kappa shape index (κ2) is 4.28. The Morgan fingerprint density at radius 3 is 2.77 bits per heavy atom. The lowest BCUT2D eigenvalue weighted by Gasteiger charge is -2.03. The van der Waals surface area contributed by atoms with E-state index in [1.165, 1.54) is 19.2 Å². The van der Waals surface area contributed by atoms with Crippen LogP contribution in [0.2, 0.25) is 0 Å². The number of phenols is 1. The number of phenolic OH excluding ortho intramolecular Hbond substituents is 1. The van der Waals surface area contributed by atoms with Crippen LogP contribution < -0.4 is 4.74 Å². The standard InChI is InChI=1S/C9H9BrO3/c1-13-6-2-3-7(8(11)4-6)9(12)5-10/h2-4,11H,5H2,1H3. The number of hydrogen-bond donors (Lipinski definition) is 1. The van der Waals surface area contributed by atoms with Crippen molar-refractivity contribution in [1.29, 1.82) is 0 Å². The molecule has 70 valence electrons. The van der Waals surface area contributed by atoms with Gasteiger partial charge in [0.05, 0.1) is 18.0 Å². The number of ether oxygens (including phenoxy) is 1. The molecule has 0 heterocycles. The molecule has 1 aromatic rings. The van der Waals surface area contributed by atoms with E-state index in [1.807, 2.05) is 0 Å². The van der Waals surface area contributed by atoms with Crippen LogP contribution >= 0.6 is 15.9 Å². The largest absolute Gasteiger partial charge is 0.507 e. The van der Waals surface area contributed by atoms with Gasteiger partial charge in [0.25, 0.3) is 0 Å². The van der Waals surface area contributed by atoms with Crippen molar-refractivity contribution in [2.75, 3.05) is 12.4 Å². The van der Waals surface area contributed by atoms with Crippen LogP contribution in [-0.4, -0.2) is 23.3 Å². The number of alkyl halides is 1. The minimum Gasteiger partial charge on any atom is -0.507 e. The predicted molar refractivity (Wildman–Crippen MR) is 52.8 cm³/mol. The van der Waals surface area contributed by atoms with Crippen molar-refractivity contribution in [3.05, 3.63) is 23.8 Å². The highest BCUT2D eigenvalue weighted by Crippen LogP contribution is 2.23. The predicted octanol–water partition coefficient (Wildman–Crippen LogP) is 1.98. The number of methoxy groups -OCH3 is 1. The van der Waals surface area contributed by atoms with E-state index in [1.54, 1.807) is 6.07 Å². The average molecular weight is 245 g/mol. The molecule has 13 heavy (non-hydrogen) atoms. The molecule has 1 rings (SSSR count). The maximum absolute atomic E-state index is 11.2. The van der Waals surface area contributed by atoms with E-state index in [-0.39, 0.29) is 16.9 Å². The van der Waals surface area contributed by atoms with Crippen molar-refractivity contribution in [3.63, 3.8) is 0 Å². The number of carbonyl (C=O) groups is 1. The second-order valence-corrected chi connectivity index (χ2v) is 3.00. The molecule has 0 amide bonds. The number of Topliss-reactive ketones (excluding diaryl/α,β-unsaturated/α-hetero) is 1. The number of carbonyl (C=O) groups excluding carboxylic acids is 1. The van der Waals surface area contributed by atoms with Crippen molar-refractivity contribution in [3.8, 4) is 11.5 Å².